The van der Waals surface area contributed by atoms with Crippen molar-refractivity contribution in [2.24, 2.45) is 23.7 Å². The lowest BCUT2D eigenvalue weighted by Crippen LogP contribution is -2.41. The average molecular weight is 326 g/mol. The monoisotopic (exact) mass is 326 g/mol. The maximum Gasteiger partial charge on any atom is 0.240 e. The van der Waals surface area contributed by atoms with Crippen LogP contribution < -0.4 is 5.32 Å². The smallest absolute Gasteiger partial charge is 0.240 e. The summed E-state index contributed by atoms with van der Waals surface area (Å²) in [5, 5.41) is 11.9. The number of hydrogen-bond acceptors (Lipinski definition) is 4. The molecule has 124 valence electrons. The summed E-state index contributed by atoms with van der Waals surface area (Å²) in [4.78, 5) is 38.2. The van der Waals surface area contributed by atoms with E-state index in [0.29, 0.717) is 0 Å². The molecule has 6 nitrogen and oxygen atoms in total. The zero-order valence-corrected chi connectivity index (χ0v) is 13.0. The maximum atomic E-state index is 12.5. The number of rotatable bonds is 4. The van der Waals surface area contributed by atoms with Gasteiger partial charge in [0.25, 0.3) is 0 Å². The van der Waals surface area contributed by atoms with Crippen LogP contribution in [0.2, 0.25) is 0 Å². The van der Waals surface area contributed by atoms with E-state index in [0.717, 1.165) is 16.9 Å². The molecule has 0 aromatic heterocycles. The number of amides is 3. The summed E-state index contributed by atoms with van der Waals surface area (Å²) in [6.45, 7) is 0.0667. The third kappa shape index (κ3) is 2.29. The van der Waals surface area contributed by atoms with Gasteiger partial charge in [-0.1, -0.05) is 24.3 Å². The quantitative estimate of drug-likeness (QED) is 0.633. The molecule has 4 rings (SSSR count). The Hall–Kier alpha value is -2.63. The highest BCUT2D eigenvalue weighted by Gasteiger charge is 2.59. The molecule has 0 radical (unpaired) electrons. The van der Waals surface area contributed by atoms with Gasteiger partial charge in [0.05, 0.1) is 11.8 Å². The lowest BCUT2D eigenvalue weighted by atomic mass is 9.85. The third-order valence-electron chi connectivity index (χ3n) is 5.29. The molecule has 1 saturated heterocycles. The van der Waals surface area contributed by atoms with Gasteiger partial charge in [0, 0.05) is 6.54 Å². The Kier molecular flexibility index (Phi) is 3.40. The molecule has 1 aromatic rings. The summed E-state index contributed by atoms with van der Waals surface area (Å²) in [6, 6.07) is 6.49. The van der Waals surface area contributed by atoms with Crippen LogP contribution in [-0.2, 0) is 20.9 Å². The van der Waals surface area contributed by atoms with Gasteiger partial charge < -0.3 is 10.4 Å². The van der Waals surface area contributed by atoms with E-state index in [1.165, 1.54) is 0 Å². The first-order valence-electron chi connectivity index (χ1n) is 8.13. The minimum Gasteiger partial charge on any atom is -0.508 e. The Labute approximate surface area is 139 Å². The van der Waals surface area contributed by atoms with Crippen molar-refractivity contribution < 1.29 is 19.5 Å². The maximum absolute atomic E-state index is 12.5. The normalized spacial score (nSPS) is 30.1. The van der Waals surface area contributed by atoms with Crippen LogP contribution in [0.4, 0.5) is 0 Å². The largest absolute Gasteiger partial charge is 0.508 e. The standard InChI is InChI=1S/C18H18N2O4/c21-13-5-1-10(2-6-13)8-19-14(22)9-20-17(23)15-11-3-4-12(7-11)16(15)18(20)24/h1-6,11-12,15-16,21H,7-9H2,(H,19,22). The number of fused-ring (bicyclic) bond motifs is 5. The highest BCUT2D eigenvalue weighted by atomic mass is 16.3. The lowest BCUT2D eigenvalue weighted by Gasteiger charge is -2.16. The molecule has 1 aliphatic heterocycles. The first-order valence-corrected chi connectivity index (χ1v) is 8.13. The number of phenols is 1. The van der Waals surface area contributed by atoms with Crippen LogP contribution in [0.1, 0.15) is 12.0 Å². The molecular weight excluding hydrogens is 308 g/mol. The zero-order chi connectivity index (χ0) is 16.8. The van der Waals surface area contributed by atoms with E-state index in [1.807, 2.05) is 12.2 Å². The molecule has 2 N–H and O–H groups in total. The molecule has 4 atom stereocenters. The van der Waals surface area contributed by atoms with Crippen LogP contribution in [0, 0.1) is 23.7 Å². The number of hydrogen-bond donors (Lipinski definition) is 2. The van der Waals surface area contributed by atoms with Crippen LogP contribution in [0.3, 0.4) is 0 Å². The second-order valence-electron chi connectivity index (χ2n) is 6.71. The molecule has 24 heavy (non-hydrogen) atoms. The molecule has 1 heterocycles. The molecular formula is C18H18N2O4. The molecule has 4 unspecified atom stereocenters. The fourth-order valence-electron chi connectivity index (χ4n) is 4.13. The molecule has 1 saturated carbocycles. The number of likely N-dealkylation sites (tertiary alicyclic amines) is 1. The molecule has 1 aromatic carbocycles. The predicted octanol–water partition coefficient (Wildman–Crippen LogP) is 0.815. The summed E-state index contributed by atoms with van der Waals surface area (Å²) < 4.78 is 0. The number of carbonyl (C=O) groups excluding carboxylic acids is 3. The van der Waals surface area contributed by atoms with Gasteiger partial charge in [-0.25, -0.2) is 0 Å². The average Bonchev–Trinajstić information content (AvgIpc) is 3.24. The summed E-state index contributed by atoms with van der Waals surface area (Å²) in [5.74, 6) is -0.834. The number of benzene rings is 1. The Morgan fingerprint density at radius 2 is 1.67 bits per heavy atom. The number of nitrogens with zero attached hydrogens (tertiary/aromatic N) is 1. The summed E-state index contributed by atoms with van der Waals surface area (Å²) in [6.07, 6.45) is 4.95. The number of phenolic OH excluding ortho intramolecular Hbond substituents is 1. The summed E-state index contributed by atoms with van der Waals surface area (Å²) in [5.41, 5.74) is 0.833. The van der Waals surface area contributed by atoms with Crippen molar-refractivity contribution in [1.29, 1.82) is 0 Å². The van der Waals surface area contributed by atoms with Crippen LogP contribution >= 0.6 is 0 Å². The zero-order valence-electron chi connectivity index (χ0n) is 13.0. The molecule has 2 aliphatic carbocycles. The van der Waals surface area contributed by atoms with Gasteiger partial charge in [-0.2, -0.15) is 0 Å². The SMILES string of the molecule is O=C(CN1C(=O)C2C3C=CC(C3)C2C1=O)NCc1ccc(O)cc1. The molecule has 6 heteroatoms. The Morgan fingerprint density at radius 3 is 2.25 bits per heavy atom. The van der Waals surface area contributed by atoms with Crippen LogP contribution in [-0.4, -0.2) is 34.3 Å². The van der Waals surface area contributed by atoms with Crippen molar-refractivity contribution in [3.05, 3.63) is 42.0 Å². The number of allylic oxidation sites excluding steroid dienone is 2. The van der Waals surface area contributed by atoms with Gasteiger partial charge in [0.1, 0.15) is 12.3 Å². The van der Waals surface area contributed by atoms with Crippen molar-refractivity contribution in [2.45, 2.75) is 13.0 Å². The van der Waals surface area contributed by atoms with Crippen molar-refractivity contribution >= 4 is 17.7 Å². The number of imide groups is 1. The van der Waals surface area contributed by atoms with Gasteiger partial charge >= 0.3 is 0 Å². The van der Waals surface area contributed by atoms with Crippen molar-refractivity contribution in [3.8, 4) is 5.75 Å². The van der Waals surface area contributed by atoms with E-state index in [4.69, 9.17) is 0 Å². The van der Waals surface area contributed by atoms with Crippen molar-refractivity contribution in [3.63, 3.8) is 0 Å². The van der Waals surface area contributed by atoms with E-state index in [9.17, 15) is 19.5 Å². The topological polar surface area (TPSA) is 86.7 Å². The summed E-state index contributed by atoms with van der Waals surface area (Å²) in [7, 11) is 0. The van der Waals surface area contributed by atoms with Crippen molar-refractivity contribution in [2.75, 3.05) is 6.54 Å². The predicted molar refractivity (Wildman–Crippen MR) is 84.4 cm³/mol. The summed E-state index contributed by atoms with van der Waals surface area (Å²) >= 11 is 0. The van der Waals surface area contributed by atoms with Gasteiger partial charge in [-0.3, -0.25) is 19.3 Å². The first kappa shape index (κ1) is 14.9. The highest BCUT2D eigenvalue weighted by molar-refractivity contribution is 6.08. The molecule has 3 amide bonds. The minimum atomic E-state index is -0.356. The van der Waals surface area contributed by atoms with E-state index < -0.39 is 0 Å². The highest BCUT2D eigenvalue weighted by Crippen LogP contribution is 2.52. The van der Waals surface area contributed by atoms with Crippen molar-refractivity contribution in [1.82, 2.24) is 10.2 Å². The van der Waals surface area contributed by atoms with Gasteiger partial charge in [-0.15, -0.1) is 0 Å². The van der Waals surface area contributed by atoms with E-state index in [-0.39, 0.29) is 60.2 Å². The minimum absolute atomic E-state index is 0.154. The number of nitrogens with one attached hydrogen (secondary N) is 1. The Balaban J connectivity index is 1.37. The molecule has 3 aliphatic rings. The van der Waals surface area contributed by atoms with Gasteiger partial charge in [0.2, 0.25) is 17.7 Å². The molecule has 2 fully saturated rings. The van der Waals surface area contributed by atoms with Gasteiger partial charge in [-0.05, 0) is 36.0 Å². The van der Waals surface area contributed by atoms with Crippen LogP contribution in [0.15, 0.2) is 36.4 Å². The fourth-order valence-corrected chi connectivity index (χ4v) is 4.13. The van der Waals surface area contributed by atoms with E-state index in [2.05, 4.69) is 5.32 Å². The Bertz CT molecular complexity index is 710. The number of carbonyl (C=O) groups is 3. The molecule has 0 spiro atoms. The molecule has 2 bridgehead atoms. The second-order valence-corrected chi connectivity index (χ2v) is 6.71. The third-order valence-corrected chi connectivity index (χ3v) is 5.29. The van der Waals surface area contributed by atoms with Gasteiger partial charge in [0.15, 0.2) is 0 Å². The van der Waals surface area contributed by atoms with Crippen LogP contribution in [0.25, 0.3) is 0 Å². The Morgan fingerprint density at radius 1 is 1.08 bits per heavy atom. The first-order chi connectivity index (χ1) is 11.5. The second kappa shape index (κ2) is 5.47. The van der Waals surface area contributed by atoms with E-state index >= 15 is 0 Å². The lowest BCUT2D eigenvalue weighted by molar-refractivity contribution is -0.144. The van der Waals surface area contributed by atoms with Crippen LogP contribution in [0.5, 0.6) is 5.75 Å². The van der Waals surface area contributed by atoms with E-state index in [1.54, 1.807) is 24.3 Å². The fraction of sp³-hybridized carbons (Fsp3) is 0.389. The number of aromatic hydroxyl groups is 1.